The second-order valence-corrected chi connectivity index (χ2v) is 7.15. The Kier molecular flexibility index (Phi) is 2.75. The van der Waals surface area contributed by atoms with E-state index in [2.05, 4.69) is 9.88 Å². The highest BCUT2D eigenvalue weighted by Gasteiger charge is 2.57. The Bertz CT molecular complexity index is 918. The number of hydrogen-bond donors (Lipinski definition) is 3. The van der Waals surface area contributed by atoms with E-state index in [1.54, 1.807) is 0 Å². The Morgan fingerprint density at radius 1 is 1.12 bits per heavy atom. The van der Waals surface area contributed by atoms with E-state index in [-0.39, 0.29) is 0 Å². The largest absolute Gasteiger partial charge is 0.363 e. The topological polar surface area (TPSA) is 106 Å². The molecule has 2 aromatic heterocycles. The normalized spacial score (nSPS) is 26.3. The minimum Gasteiger partial charge on any atom is -0.363 e. The standard InChI is InChI=1S/C17H20N6O/c18-17(19,24)7-10-11-8-22(9-12(10)11)15-5-6-23-14-4-2-1-3-13(14)20-16(23)21-15/h1-6,10-12,24H,7-9,18-19H2. The lowest BCUT2D eigenvalue weighted by atomic mass is 10.1. The highest BCUT2D eigenvalue weighted by molar-refractivity contribution is 5.79. The lowest BCUT2D eigenvalue weighted by molar-refractivity contribution is 0.0359. The molecule has 0 amide bonds. The molecule has 0 bridgehead atoms. The SMILES string of the molecule is NC(N)(O)CC1C2CN(c3ccn4c(n3)nc3ccccc34)CC21. The molecular formula is C17H20N6O. The molecule has 3 aromatic rings. The summed E-state index contributed by atoms with van der Waals surface area (Å²) in [5.41, 5.74) is 13.1. The third-order valence-electron chi connectivity index (χ3n) is 5.42. The molecule has 1 aromatic carbocycles. The number of aromatic nitrogens is 3. The van der Waals surface area contributed by atoms with Gasteiger partial charge in [-0.2, -0.15) is 4.98 Å². The molecule has 1 aliphatic heterocycles. The summed E-state index contributed by atoms with van der Waals surface area (Å²) in [5, 5.41) is 9.57. The van der Waals surface area contributed by atoms with Gasteiger partial charge < -0.3 is 10.0 Å². The lowest BCUT2D eigenvalue weighted by Crippen LogP contribution is -2.50. The molecule has 3 heterocycles. The molecule has 0 spiro atoms. The van der Waals surface area contributed by atoms with Crippen LogP contribution < -0.4 is 16.4 Å². The van der Waals surface area contributed by atoms with Crippen molar-refractivity contribution in [2.24, 2.45) is 29.2 Å². The van der Waals surface area contributed by atoms with Gasteiger partial charge in [-0.15, -0.1) is 0 Å². The van der Waals surface area contributed by atoms with Crippen molar-refractivity contribution in [3.8, 4) is 0 Å². The third-order valence-corrected chi connectivity index (χ3v) is 5.42. The van der Waals surface area contributed by atoms with Gasteiger partial charge in [0.15, 0.2) is 5.85 Å². The van der Waals surface area contributed by atoms with Gasteiger partial charge in [-0.05, 0) is 36.0 Å². The van der Waals surface area contributed by atoms with Crippen LogP contribution in [0, 0.1) is 17.8 Å². The van der Waals surface area contributed by atoms with E-state index >= 15 is 0 Å². The van der Waals surface area contributed by atoms with Gasteiger partial charge in [0.25, 0.3) is 0 Å². The number of nitrogens with zero attached hydrogens (tertiary/aromatic N) is 4. The van der Waals surface area contributed by atoms with Crippen molar-refractivity contribution in [3.63, 3.8) is 0 Å². The van der Waals surface area contributed by atoms with Gasteiger partial charge in [0.1, 0.15) is 5.82 Å². The number of aliphatic hydroxyl groups is 1. The Hall–Kier alpha value is -2.22. The predicted octanol–water partition coefficient (Wildman–Crippen LogP) is 0.518. The molecule has 0 radical (unpaired) electrons. The summed E-state index contributed by atoms with van der Waals surface area (Å²) in [5.74, 6) is 1.68. The number of nitrogens with two attached hydrogens (primary N) is 2. The zero-order valence-corrected chi connectivity index (χ0v) is 13.2. The van der Waals surface area contributed by atoms with Crippen LogP contribution in [0.4, 0.5) is 5.82 Å². The van der Waals surface area contributed by atoms with Gasteiger partial charge in [0.05, 0.1) is 11.0 Å². The van der Waals surface area contributed by atoms with Crippen molar-refractivity contribution in [3.05, 3.63) is 36.5 Å². The first-order chi connectivity index (χ1) is 11.5. The maximum atomic E-state index is 9.57. The number of rotatable bonds is 3. The average Bonchev–Trinajstić information content (AvgIpc) is 2.93. The van der Waals surface area contributed by atoms with Gasteiger partial charge >= 0.3 is 0 Å². The van der Waals surface area contributed by atoms with Crippen LogP contribution in [0.3, 0.4) is 0 Å². The van der Waals surface area contributed by atoms with Crippen molar-refractivity contribution in [2.75, 3.05) is 18.0 Å². The van der Waals surface area contributed by atoms with Crippen molar-refractivity contribution < 1.29 is 5.11 Å². The Balaban J connectivity index is 1.38. The third kappa shape index (κ3) is 2.16. The summed E-state index contributed by atoms with van der Waals surface area (Å²) in [6.07, 6.45) is 2.50. The maximum Gasteiger partial charge on any atom is 0.236 e. The second-order valence-electron chi connectivity index (χ2n) is 7.15. The predicted molar refractivity (Wildman–Crippen MR) is 91.1 cm³/mol. The van der Waals surface area contributed by atoms with Crippen LogP contribution in [0.5, 0.6) is 0 Å². The first-order valence-corrected chi connectivity index (χ1v) is 8.28. The molecule has 2 atom stereocenters. The van der Waals surface area contributed by atoms with Gasteiger partial charge in [-0.25, -0.2) is 4.98 Å². The minimum atomic E-state index is -1.55. The van der Waals surface area contributed by atoms with Crippen LogP contribution >= 0.6 is 0 Å². The molecule has 124 valence electrons. The number of anilines is 1. The van der Waals surface area contributed by atoms with Crippen LogP contribution in [-0.4, -0.2) is 38.4 Å². The molecule has 1 aliphatic carbocycles. The Morgan fingerprint density at radius 2 is 1.88 bits per heavy atom. The van der Waals surface area contributed by atoms with Crippen LogP contribution in [-0.2, 0) is 0 Å². The second kappa shape index (κ2) is 4.66. The summed E-state index contributed by atoms with van der Waals surface area (Å²) >= 11 is 0. The highest BCUT2D eigenvalue weighted by atomic mass is 16.3. The molecule has 1 saturated heterocycles. The zero-order chi connectivity index (χ0) is 16.5. The molecule has 1 saturated carbocycles. The van der Waals surface area contributed by atoms with Gasteiger partial charge in [0.2, 0.25) is 5.78 Å². The Morgan fingerprint density at radius 3 is 2.62 bits per heavy atom. The van der Waals surface area contributed by atoms with Crippen molar-refractivity contribution in [1.29, 1.82) is 0 Å². The van der Waals surface area contributed by atoms with Crippen LogP contribution in [0.1, 0.15) is 6.42 Å². The number of para-hydroxylation sites is 2. The fraction of sp³-hybridized carbons (Fsp3) is 0.412. The molecule has 24 heavy (non-hydrogen) atoms. The molecule has 2 aliphatic rings. The van der Waals surface area contributed by atoms with Crippen LogP contribution in [0.15, 0.2) is 36.5 Å². The first kappa shape index (κ1) is 14.2. The molecule has 7 nitrogen and oxygen atoms in total. The Labute approximate surface area is 138 Å². The van der Waals surface area contributed by atoms with E-state index in [4.69, 9.17) is 16.5 Å². The summed E-state index contributed by atoms with van der Waals surface area (Å²) in [6, 6.07) is 10.1. The molecule has 5 N–H and O–H groups in total. The van der Waals surface area contributed by atoms with Crippen molar-refractivity contribution >= 4 is 22.6 Å². The summed E-state index contributed by atoms with van der Waals surface area (Å²) in [7, 11) is 0. The number of piperidine rings is 1. The van der Waals surface area contributed by atoms with E-state index in [1.165, 1.54) is 0 Å². The molecule has 7 heteroatoms. The molecular weight excluding hydrogens is 304 g/mol. The molecule has 2 fully saturated rings. The quantitative estimate of drug-likeness (QED) is 0.607. The fourth-order valence-electron chi connectivity index (χ4n) is 4.23. The van der Waals surface area contributed by atoms with Gasteiger partial charge in [-0.3, -0.25) is 15.9 Å². The highest BCUT2D eigenvalue weighted by Crippen LogP contribution is 2.54. The smallest absolute Gasteiger partial charge is 0.236 e. The minimum absolute atomic E-state index is 0.430. The average molecular weight is 324 g/mol. The van der Waals surface area contributed by atoms with E-state index in [1.807, 2.05) is 40.9 Å². The van der Waals surface area contributed by atoms with Crippen LogP contribution in [0.25, 0.3) is 16.8 Å². The number of fused-ring (bicyclic) bond motifs is 4. The van der Waals surface area contributed by atoms with Gasteiger partial charge in [-0.1, -0.05) is 12.1 Å². The monoisotopic (exact) mass is 324 g/mol. The fourth-order valence-corrected chi connectivity index (χ4v) is 4.23. The zero-order valence-electron chi connectivity index (χ0n) is 13.2. The lowest BCUT2D eigenvalue weighted by Gasteiger charge is -2.23. The summed E-state index contributed by atoms with van der Waals surface area (Å²) in [4.78, 5) is 11.6. The van der Waals surface area contributed by atoms with E-state index in [0.29, 0.717) is 24.2 Å². The van der Waals surface area contributed by atoms with E-state index in [0.717, 1.165) is 35.7 Å². The van der Waals surface area contributed by atoms with Crippen molar-refractivity contribution in [1.82, 2.24) is 14.4 Å². The van der Waals surface area contributed by atoms with Crippen LogP contribution in [0.2, 0.25) is 0 Å². The van der Waals surface area contributed by atoms with Gasteiger partial charge in [0, 0.05) is 25.7 Å². The first-order valence-electron chi connectivity index (χ1n) is 8.28. The number of imidazole rings is 1. The number of benzene rings is 1. The summed E-state index contributed by atoms with van der Waals surface area (Å²) in [6.45, 7) is 1.88. The van der Waals surface area contributed by atoms with E-state index < -0.39 is 5.85 Å². The van der Waals surface area contributed by atoms with Crippen molar-refractivity contribution in [2.45, 2.75) is 12.3 Å². The summed E-state index contributed by atoms with van der Waals surface area (Å²) < 4.78 is 2.02. The molecule has 2 unspecified atom stereocenters. The van der Waals surface area contributed by atoms with E-state index in [9.17, 15) is 5.11 Å². The number of hydrogen-bond acceptors (Lipinski definition) is 6. The molecule has 5 rings (SSSR count). The maximum absolute atomic E-state index is 9.57.